The Hall–Kier alpha value is -0.980. The molecule has 4 N–H and O–H groups in total. The monoisotopic (exact) mass is 518 g/mol. The number of carbonyl (C=O) groups excluding carboxylic acids is 1. The Bertz CT molecular complexity index is 883. The van der Waals surface area contributed by atoms with E-state index in [1.165, 1.54) is 6.42 Å². The summed E-state index contributed by atoms with van der Waals surface area (Å²) in [7, 11) is 0. The molecule has 5 saturated carbocycles. The Balaban J connectivity index is 1.36. The summed E-state index contributed by atoms with van der Waals surface area (Å²) in [6.45, 7) is 6.65. The molecule has 0 heterocycles. The van der Waals surface area contributed by atoms with Gasteiger partial charge in [-0.1, -0.05) is 40.0 Å². The van der Waals surface area contributed by atoms with Crippen molar-refractivity contribution in [3.8, 4) is 0 Å². The number of aliphatic carboxylic acids is 1. The Kier molecular flexibility index (Phi) is 7.37. The number of carbonyl (C=O) groups is 2. The molecule has 6 heteroatoms. The summed E-state index contributed by atoms with van der Waals surface area (Å²) in [5.41, 5.74) is -1.67. The minimum absolute atomic E-state index is 0.0138. The second kappa shape index (κ2) is 9.89. The number of fused-ring (bicyclic) bond motifs is 5. The predicted molar refractivity (Wildman–Crippen MR) is 141 cm³/mol. The molecular weight excluding hydrogens is 468 g/mol. The maximum absolute atomic E-state index is 13.5. The number of Topliss-reactive ketones (excluding diaryl/α,β-unsaturated/α-hetero) is 1. The topological polar surface area (TPSA) is 115 Å². The second-order valence-electron chi connectivity index (χ2n) is 14.4. The minimum atomic E-state index is -1.27. The number of carboxylic acids is 1. The lowest BCUT2D eigenvalue weighted by Gasteiger charge is -2.64. The number of hydrogen-bond donors (Lipinski definition) is 4. The van der Waals surface area contributed by atoms with Gasteiger partial charge in [-0.25, -0.2) is 0 Å². The summed E-state index contributed by atoms with van der Waals surface area (Å²) >= 11 is 0. The van der Waals surface area contributed by atoms with E-state index in [0.717, 1.165) is 44.9 Å². The Morgan fingerprint density at radius 3 is 2.32 bits per heavy atom. The quantitative estimate of drug-likeness (QED) is 0.395. The van der Waals surface area contributed by atoms with Crippen LogP contribution in [0.2, 0.25) is 0 Å². The van der Waals surface area contributed by atoms with Gasteiger partial charge in [0.2, 0.25) is 0 Å². The van der Waals surface area contributed by atoms with Gasteiger partial charge in [0.25, 0.3) is 0 Å². The van der Waals surface area contributed by atoms with E-state index in [1.807, 2.05) is 0 Å². The zero-order valence-electron chi connectivity index (χ0n) is 23.2. The van der Waals surface area contributed by atoms with Gasteiger partial charge in [0.15, 0.2) is 5.78 Å². The van der Waals surface area contributed by atoms with Crippen LogP contribution in [-0.4, -0.2) is 50.0 Å². The van der Waals surface area contributed by atoms with E-state index in [0.29, 0.717) is 32.1 Å². The highest BCUT2D eigenvalue weighted by Crippen LogP contribution is 2.69. The highest BCUT2D eigenvalue weighted by Gasteiger charge is 2.67. The maximum Gasteiger partial charge on any atom is 0.303 e. The van der Waals surface area contributed by atoms with E-state index in [4.69, 9.17) is 0 Å². The van der Waals surface area contributed by atoms with Crippen molar-refractivity contribution in [2.24, 2.45) is 52.3 Å². The van der Waals surface area contributed by atoms with Crippen molar-refractivity contribution in [3.05, 3.63) is 0 Å². The molecule has 0 amide bonds. The number of aliphatic hydroxyl groups is 3. The predicted octanol–water partition coefficient (Wildman–Crippen LogP) is 4.97. The van der Waals surface area contributed by atoms with Crippen molar-refractivity contribution in [1.29, 1.82) is 0 Å². The highest BCUT2D eigenvalue weighted by molar-refractivity contribution is 5.89. The standard InChI is InChI=1S/C31H50O6/c1-18(9-12-26(34)35)21-10-11-22-27-23(16-25(33)30(21,22)3)29(2)13-14-31(37,17-20(29)15-24(27)32)28(36)19-7-5-4-6-8-19/h18-25,27,32-33,37H,4-17H2,1-3H3,(H,34,35). The van der Waals surface area contributed by atoms with Crippen LogP contribution in [0.3, 0.4) is 0 Å². The van der Waals surface area contributed by atoms with Crippen LogP contribution in [0.5, 0.6) is 0 Å². The van der Waals surface area contributed by atoms with Crippen LogP contribution in [0.4, 0.5) is 0 Å². The van der Waals surface area contributed by atoms with Crippen molar-refractivity contribution in [2.75, 3.05) is 0 Å². The number of ketones is 1. The molecule has 0 bridgehead atoms. The van der Waals surface area contributed by atoms with Gasteiger partial charge >= 0.3 is 5.97 Å². The van der Waals surface area contributed by atoms with Gasteiger partial charge in [-0.15, -0.1) is 0 Å². The molecule has 0 aromatic heterocycles. The number of rotatable bonds is 6. The van der Waals surface area contributed by atoms with Crippen LogP contribution in [0.25, 0.3) is 0 Å². The fourth-order valence-electron chi connectivity index (χ4n) is 10.7. The summed E-state index contributed by atoms with van der Waals surface area (Å²) in [5, 5.41) is 44.2. The third kappa shape index (κ3) is 4.41. The van der Waals surface area contributed by atoms with Crippen LogP contribution in [-0.2, 0) is 9.59 Å². The van der Waals surface area contributed by atoms with E-state index in [9.17, 15) is 30.0 Å². The molecule has 6 nitrogen and oxygen atoms in total. The Labute approximate surface area is 222 Å². The number of aliphatic hydroxyl groups excluding tert-OH is 2. The van der Waals surface area contributed by atoms with Gasteiger partial charge in [-0.2, -0.15) is 0 Å². The molecule has 0 aliphatic heterocycles. The molecule has 11 atom stereocenters. The van der Waals surface area contributed by atoms with Crippen LogP contribution in [0.15, 0.2) is 0 Å². The Morgan fingerprint density at radius 1 is 0.946 bits per heavy atom. The van der Waals surface area contributed by atoms with Crippen molar-refractivity contribution in [3.63, 3.8) is 0 Å². The minimum Gasteiger partial charge on any atom is -0.481 e. The molecule has 210 valence electrons. The molecule has 0 saturated heterocycles. The van der Waals surface area contributed by atoms with Crippen molar-refractivity contribution >= 4 is 11.8 Å². The van der Waals surface area contributed by atoms with Gasteiger partial charge in [0.05, 0.1) is 12.2 Å². The van der Waals surface area contributed by atoms with Crippen molar-refractivity contribution in [1.82, 2.24) is 0 Å². The zero-order chi connectivity index (χ0) is 26.8. The molecule has 37 heavy (non-hydrogen) atoms. The second-order valence-corrected chi connectivity index (χ2v) is 14.4. The van der Waals surface area contributed by atoms with E-state index in [-0.39, 0.29) is 64.5 Å². The normalized spacial score (nSPS) is 49.0. The first kappa shape index (κ1) is 27.6. The molecule has 0 spiro atoms. The first-order valence-corrected chi connectivity index (χ1v) is 15.3. The molecule has 0 aromatic rings. The molecule has 0 radical (unpaired) electrons. The lowest BCUT2D eigenvalue weighted by atomic mass is 9.42. The molecular formula is C31H50O6. The third-order valence-electron chi connectivity index (χ3n) is 12.9. The smallest absolute Gasteiger partial charge is 0.303 e. The SMILES string of the molecule is CC(CCC(=O)O)C1CCC2C3C(O)CC4CC(O)(C(=O)C5CCCCC5)CCC4(C)C3CC(O)C12C. The van der Waals surface area contributed by atoms with Crippen molar-refractivity contribution in [2.45, 2.75) is 128 Å². The molecule has 0 aromatic carbocycles. The fourth-order valence-corrected chi connectivity index (χ4v) is 10.7. The lowest BCUT2D eigenvalue weighted by Crippen LogP contribution is -2.64. The number of carboxylic acid groups (broad SMARTS) is 1. The summed E-state index contributed by atoms with van der Waals surface area (Å²) in [5.74, 6) is 0.345. The lowest BCUT2D eigenvalue weighted by molar-refractivity contribution is -0.216. The summed E-state index contributed by atoms with van der Waals surface area (Å²) in [6.07, 6.45) is 9.89. The van der Waals surface area contributed by atoms with Crippen LogP contribution >= 0.6 is 0 Å². The molecule has 5 aliphatic rings. The summed E-state index contributed by atoms with van der Waals surface area (Å²) < 4.78 is 0. The zero-order valence-corrected chi connectivity index (χ0v) is 23.2. The third-order valence-corrected chi connectivity index (χ3v) is 12.9. The Morgan fingerprint density at radius 2 is 1.65 bits per heavy atom. The van der Waals surface area contributed by atoms with Gasteiger partial charge in [0.1, 0.15) is 5.60 Å². The van der Waals surface area contributed by atoms with E-state index >= 15 is 0 Å². The van der Waals surface area contributed by atoms with Gasteiger partial charge < -0.3 is 20.4 Å². The van der Waals surface area contributed by atoms with Gasteiger partial charge in [-0.3, -0.25) is 9.59 Å². The van der Waals surface area contributed by atoms with E-state index < -0.39 is 23.8 Å². The first-order valence-electron chi connectivity index (χ1n) is 15.3. The van der Waals surface area contributed by atoms with E-state index in [1.54, 1.807) is 0 Å². The average Bonchev–Trinajstić information content (AvgIpc) is 3.23. The maximum atomic E-state index is 13.5. The van der Waals surface area contributed by atoms with Crippen LogP contribution in [0, 0.1) is 52.3 Å². The molecule has 5 aliphatic carbocycles. The molecule has 11 unspecified atom stereocenters. The van der Waals surface area contributed by atoms with Crippen molar-refractivity contribution < 1.29 is 30.0 Å². The molecule has 5 fully saturated rings. The van der Waals surface area contributed by atoms with Crippen LogP contribution < -0.4 is 0 Å². The molecule has 5 rings (SSSR count). The average molecular weight is 519 g/mol. The summed E-state index contributed by atoms with van der Waals surface area (Å²) in [4.78, 5) is 24.7. The summed E-state index contributed by atoms with van der Waals surface area (Å²) in [6, 6.07) is 0. The van der Waals surface area contributed by atoms with E-state index in [2.05, 4.69) is 20.8 Å². The van der Waals surface area contributed by atoms with Gasteiger partial charge in [0, 0.05) is 12.3 Å². The number of hydrogen-bond acceptors (Lipinski definition) is 5. The fraction of sp³-hybridized carbons (Fsp3) is 0.935. The largest absolute Gasteiger partial charge is 0.481 e. The van der Waals surface area contributed by atoms with Crippen LogP contribution in [0.1, 0.15) is 111 Å². The first-order chi connectivity index (χ1) is 17.4. The van der Waals surface area contributed by atoms with Gasteiger partial charge in [-0.05, 0) is 111 Å². The highest BCUT2D eigenvalue weighted by atomic mass is 16.4.